The molecule has 0 radical (unpaired) electrons. The van der Waals surface area contributed by atoms with Crippen molar-refractivity contribution in [3.8, 4) is 0 Å². The lowest BCUT2D eigenvalue weighted by Crippen LogP contribution is -2.36. The first kappa shape index (κ1) is 15.2. The van der Waals surface area contributed by atoms with Crippen molar-refractivity contribution < 1.29 is 9.90 Å². The SMILES string of the molecule is O=C(O)C1CCN(c2cc(NCc3ccccn3)ncn2)CC1. The molecule has 0 unspecified atom stereocenters. The van der Waals surface area contributed by atoms with Crippen LogP contribution in [-0.2, 0) is 11.3 Å². The second-order valence-corrected chi connectivity index (χ2v) is 5.54. The Hall–Kier alpha value is -2.70. The van der Waals surface area contributed by atoms with E-state index in [-0.39, 0.29) is 5.92 Å². The number of aliphatic carboxylic acids is 1. The lowest BCUT2D eigenvalue weighted by molar-refractivity contribution is -0.142. The van der Waals surface area contributed by atoms with E-state index in [0.29, 0.717) is 32.5 Å². The third kappa shape index (κ3) is 3.94. The van der Waals surface area contributed by atoms with E-state index in [1.807, 2.05) is 24.3 Å². The average molecular weight is 313 g/mol. The molecule has 3 heterocycles. The fraction of sp³-hybridized carbons (Fsp3) is 0.375. The molecule has 1 aliphatic heterocycles. The number of pyridine rings is 1. The van der Waals surface area contributed by atoms with Gasteiger partial charge >= 0.3 is 5.97 Å². The molecule has 7 heteroatoms. The maximum atomic E-state index is 11.0. The summed E-state index contributed by atoms with van der Waals surface area (Å²) in [5, 5.41) is 12.3. The first-order valence-electron chi connectivity index (χ1n) is 7.66. The third-order valence-corrected chi connectivity index (χ3v) is 4.00. The van der Waals surface area contributed by atoms with Gasteiger partial charge in [0.05, 0.1) is 18.2 Å². The van der Waals surface area contributed by atoms with Crippen molar-refractivity contribution in [3.05, 3.63) is 42.5 Å². The van der Waals surface area contributed by atoms with Gasteiger partial charge in [-0.1, -0.05) is 6.07 Å². The van der Waals surface area contributed by atoms with Crippen LogP contribution in [0.4, 0.5) is 11.6 Å². The lowest BCUT2D eigenvalue weighted by atomic mass is 9.97. The van der Waals surface area contributed by atoms with Gasteiger partial charge in [0.15, 0.2) is 0 Å². The fourth-order valence-electron chi connectivity index (χ4n) is 2.66. The molecule has 3 rings (SSSR count). The molecule has 120 valence electrons. The van der Waals surface area contributed by atoms with Gasteiger partial charge in [-0.05, 0) is 25.0 Å². The van der Waals surface area contributed by atoms with Crippen LogP contribution < -0.4 is 10.2 Å². The normalized spacial score (nSPS) is 15.4. The van der Waals surface area contributed by atoms with Crippen LogP contribution in [0, 0.1) is 5.92 Å². The van der Waals surface area contributed by atoms with Crippen LogP contribution in [0.1, 0.15) is 18.5 Å². The minimum atomic E-state index is -0.704. The van der Waals surface area contributed by atoms with Crippen LogP contribution in [0.3, 0.4) is 0 Å². The minimum absolute atomic E-state index is 0.241. The van der Waals surface area contributed by atoms with E-state index in [4.69, 9.17) is 5.11 Å². The summed E-state index contributed by atoms with van der Waals surface area (Å²) in [5.41, 5.74) is 0.940. The highest BCUT2D eigenvalue weighted by atomic mass is 16.4. The number of carbonyl (C=O) groups is 1. The molecule has 1 fully saturated rings. The van der Waals surface area contributed by atoms with Gasteiger partial charge in [-0.25, -0.2) is 9.97 Å². The molecule has 23 heavy (non-hydrogen) atoms. The molecule has 0 amide bonds. The maximum absolute atomic E-state index is 11.0. The van der Waals surface area contributed by atoms with Crippen molar-refractivity contribution in [3.63, 3.8) is 0 Å². The van der Waals surface area contributed by atoms with E-state index >= 15 is 0 Å². The fourth-order valence-corrected chi connectivity index (χ4v) is 2.66. The Morgan fingerprint density at radius 1 is 1.26 bits per heavy atom. The van der Waals surface area contributed by atoms with Crippen molar-refractivity contribution >= 4 is 17.6 Å². The second kappa shape index (κ2) is 7.04. The summed E-state index contributed by atoms with van der Waals surface area (Å²) in [6.07, 6.45) is 4.58. The largest absolute Gasteiger partial charge is 0.481 e. The number of aromatic nitrogens is 3. The molecule has 0 atom stereocenters. The minimum Gasteiger partial charge on any atom is -0.481 e. The summed E-state index contributed by atoms with van der Waals surface area (Å²) < 4.78 is 0. The van der Waals surface area contributed by atoms with E-state index in [9.17, 15) is 4.79 Å². The molecule has 2 N–H and O–H groups in total. The van der Waals surface area contributed by atoms with Crippen LogP contribution in [0.15, 0.2) is 36.8 Å². The van der Waals surface area contributed by atoms with Gasteiger partial charge in [0, 0.05) is 25.4 Å². The number of nitrogens with zero attached hydrogens (tertiary/aromatic N) is 4. The highest BCUT2D eigenvalue weighted by molar-refractivity contribution is 5.70. The summed E-state index contributed by atoms with van der Waals surface area (Å²) in [5.74, 6) is 0.619. The van der Waals surface area contributed by atoms with Crippen molar-refractivity contribution in [2.75, 3.05) is 23.3 Å². The second-order valence-electron chi connectivity index (χ2n) is 5.54. The molecule has 2 aromatic rings. The Morgan fingerprint density at radius 2 is 2.09 bits per heavy atom. The highest BCUT2D eigenvalue weighted by Gasteiger charge is 2.25. The van der Waals surface area contributed by atoms with Gasteiger partial charge in [0.1, 0.15) is 18.0 Å². The van der Waals surface area contributed by atoms with E-state index in [1.54, 1.807) is 6.20 Å². The maximum Gasteiger partial charge on any atom is 0.306 e. The predicted octanol–water partition coefficient (Wildman–Crippen LogP) is 1.78. The number of carboxylic acids is 1. The molecule has 0 spiro atoms. The van der Waals surface area contributed by atoms with E-state index in [0.717, 1.165) is 17.3 Å². The monoisotopic (exact) mass is 313 g/mol. The Kier molecular flexibility index (Phi) is 4.65. The summed E-state index contributed by atoms with van der Waals surface area (Å²) in [4.78, 5) is 25.9. The first-order chi connectivity index (χ1) is 11.2. The summed E-state index contributed by atoms with van der Waals surface area (Å²) in [6, 6.07) is 7.67. The predicted molar refractivity (Wildman–Crippen MR) is 86.2 cm³/mol. The zero-order valence-corrected chi connectivity index (χ0v) is 12.7. The number of rotatable bonds is 5. The molecule has 2 aromatic heterocycles. The average Bonchev–Trinajstić information content (AvgIpc) is 2.61. The quantitative estimate of drug-likeness (QED) is 0.869. The molecule has 1 saturated heterocycles. The Labute approximate surface area is 134 Å². The van der Waals surface area contributed by atoms with Gasteiger partial charge < -0.3 is 15.3 Å². The molecule has 0 aliphatic carbocycles. The van der Waals surface area contributed by atoms with Crippen LogP contribution in [0.5, 0.6) is 0 Å². The van der Waals surface area contributed by atoms with Crippen molar-refractivity contribution in [2.45, 2.75) is 19.4 Å². The molecule has 7 nitrogen and oxygen atoms in total. The highest BCUT2D eigenvalue weighted by Crippen LogP contribution is 2.23. The smallest absolute Gasteiger partial charge is 0.306 e. The van der Waals surface area contributed by atoms with Crippen LogP contribution in [0.2, 0.25) is 0 Å². The van der Waals surface area contributed by atoms with Gasteiger partial charge in [-0.2, -0.15) is 0 Å². The van der Waals surface area contributed by atoms with Crippen molar-refractivity contribution in [1.82, 2.24) is 15.0 Å². The van der Waals surface area contributed by atoms with E-state index in [1.165, 1.54) is 6.33 Å². The number of carboxylic acid groups (broad SMARTS) is 1. The van der Waals surface area contributed by atoms with E-state index < -0.39 is 5.97 Å². The van der Waals surface area contributed by atoms with Gasteiger partial charge in [0.2, 0.25) is 0 Å². The van der Waals surface area contributed by atoms with Crippen molar-refractivity contribution in [1.29, 1.82) is 0 Å². The zero-order chi connectivity index (χ0) is 16.1. The van der Waals surface area contributed by atoms with Gasteiger partial charge in [0.25, 0.3) is 0 Å². The van der Waals surface area contributed by atoms with Gasteiger partial charge in [-0.15, -0.1) is 0 Å². The number of nitrogens with one attached hydrogen (secondary N) is 1. The van der Waals surface area contributed by atoms with Crippen LogP contribution in [-0.4, -0.2) is 39.1 Å². The van der Waals surface area contributed by atoms with Crippen molar-refractivity contribution in [2.24, 2.45) is 5.92 Å². The number of hydrogen-bond donors (Lipinski definition) is 2. The Bertz CT molecular complexity index is 657. The summed E-state index contributed by atoms with van der Waals surface area (Å²) in [6.45, 7) is 2.00. The molecule has 0 saturated carbocycles. The third-order valence-electron chi connectivity index (χ3n) is 4.00. The molecular weight excluding hydrogens is 294 g/mol. The number of piperidine rings is 1. The number of anilines is 2. The van der Waals surface area contributed by atoms with Crippen LogP contribution >= 0.6 is 0 Å². The Morgan fingerprint density at radius 3 is 2.78 bits per heavy atom. The standard InChI is InChI=1S/C16H19N5O2/c22-16(23)12-4-7-21(8-5-12)15-9-14(19-11-20-15)18-10-13-3-1-2-6-17-13/h1-3,6,9,11-12H,4-5,7-8,10H2,(H,22,23)(H,18,19,20). The van der Waals surface area contributed by atoms with Gasteiger partial charge in [-0.3, -0.25) is 9.78 Å². The Balaban J connectivity index is 1.60. The first-order valence-corrected chi connectivity index (χ1v) is 7.66. The molecule has 0 bridgehead atoms. The van der Waals surface area contributed by atoms with E-state index in [2.05, 4.69) is 25.2 Å². The topological polar surface area (TPSA) is 91.2 Å². The number of hydrogen-bond acceptors (Lipinski definition) is 6. The van der Waals surface area contributed by atoms with Crippen LogP contribution in [0.25, 0.3) is 0 Å². The zero-order valence-electron chi connectivity index (χ0n) is 12.7. The molecular formula is C16H19N5O2. The lowest BCUT2D eigenvalue weighted by Gasteiger charge is -2.31. The summed E-state index contributed by atoms with van der Waals surface area (Å²) >= 11 is 0. The molecule has 1 aliphatic rings. The molecule has 0 aromatic carbocycles. The summed E-state index contributed by atoms with van der Waals surface area (Å²) in [7, 11) is 0.